The fraction of sp³-hybridized carbons (Fsp3) is 0.0833. The molecule has 0 atom stereocenters. The first-order valence-electron chi connectivity index (χ1n) is 5.61. The van der Waals surface area contributed by atoms with Gasteiger partial charge in [-0.1, -0.05) is 0 Å². The number of aromatic nitrogens is 1. The van der Waals surface area contributed by atoms with Crippen LogP contribution in [-0.4, -0.2) is 24.5 Å². The number of anilines is 1. The molecule has 0 bridgehead atoms. The molecule has 2 rings (SSSR count). The molecule has 0 saturated carbocycles. The van der Waals surface area contributed by atoms with Gasteiger partial charge in [0.1, 0.15) is 5.69 Å². The largest absolute Gasteiger partial charge is 0.477 e. The van der Waals surface area contributed by atoms with E-state index in [0.717, 1.165) is 6.07 Å². The van der Waals surface area contributed by atoms with Crippen molar-refractivity contribution in [2.75, 3.05) is 4.72 Å². The molecule has 0 spiro atoms. The van der Waals surface area contributed by atoms with Crippen molar-refractivity contribution < 1.29 is 27.1 Å². The number of aryl methyl sites for hydroxylation is 1. The highest BCUT2D eigenvalue weighted by molar-refractivity contribution is 7.92. The van der Waals surface area contributed by atoms with Gasteiger partial charge in [-0.15, -0.1) is 0 Å². The third-order valence-corrected chi connectivity index (χ3v) is 3.98. The lowest BCUT2D eigenvalue weighted by Crippen LogP contribution is -2.15. The van der Waals surface area contributed by atoms with Gasteiger partial charge in [-0.25, -0.2) is 22.0 Å². The quantitative estimate of drug-likeness (QED) is 0.804. The molecular formula is C12H10F2N2O4S. The molecule has 2 aromatic rings. The van der Waals surface area contributed by atoms with Crippen LogP contribution in [0.2, 0.25) is 0 Å². The van der Waals surface area contributed by atoms with Crippen LogP contribution in [0.4, 0.5) is 14.5 Å². The van der Waals surface area contributed by atoms with E-state index in [-0.39, 0.29) is 11.4 Å². The maximum absolute atomic E-state index is 13.1. The molecule has 1 aromatic heterocycles. The van der Waals surface area contributed by atoms with E-state index in [2.05, 4.69) is 4.98 Å². The lowest BCUT2D eigenvalue weighted by molar-refractivity contribution is 0.0692. The average molecular weight is 316 g/mol. The number of carboxylic acids is 1. The summed E-state index contributed by atoms with van der Waals surface area (Å²) < 4.78 is 52.0. The van der Waals surface area contributed by atoms with E-state index in [4.69, 9.17) is 5.11 Å². The average Bonchev–Trinajstić information content (AvgIpc) is 2.73. The number of nitrogens with one attached hydrogen (secondary N) is 2. The van der Waals surface area contributed by atoms with Crippen molar-refractivity contribution >= 4 is 21.7 Å². The number of aromatic amines is 1. The standard InChI is InChI=1S/C12H10F2N2O4S/c1-6-4-10(11(15-6)12(17)18)16-21(19,20)7-2-3-8(13)9(14)5-7/h2-5,15-16H,1H3,(H,17,18). The third-order valence-electron chi connectivity index (χ3n) is 2.61. The van der Waals surface area contributed by atoms with Crippen LogP contribution >= 0.6 is 0 Å². The maximum atomic E-state index is 13.1. The van der Waals surface area contributed by atoms with Gasteiger partial charge in [0, 0.05) is 5.69 Å². The van der Waals surface area contributed by atoms with Crippen molar-refractivity contribution in [3.05, 3.63) is 47.3 Å². The number of carboxylic acid groups (broad SMARTS) is 1. The fourth-order valence-corrected chi connectivity index (χ4v) is 2.76. The van der Waals surface area contributed by atoms with Crippen molar-refractivity contribution in [3.63, 3.8) is 0 Å². The Balaban J connectivity index is 2.42. The number of sulfonamides is 1. The molecule has 112 valence electrons. The van der Waals surface area contributed by atoms with E-state index in [9.17, 15) is 22.0 Å². The predicted molar refractivity (Wildman–Crippen MR) is 69.7 cm³/mol. The molecule has 0 saturated heterocycles. The van der Waals surface area contributed by atoms with Crippen molar-refractivity contribution in [3.8, 4) is 0 Å². The maximum Gasteiger partial charge on any atom is 0.354 e. The van der Waals surface area contributed by atoms with Gasteiger partial charge >= 0.3 is 5.97 Å². The summed E-state index contributed by atoms with van der Waals surface area (Å²) in [6.45, 7) is 1.54. The van der Waals surface area contributed by atoms with Gasteiger partial charge in [0.2, 0.25) is 0 Å². The second-order valence-corrected chi connectivity index (χ2v) is 5.91. The van der Waals surface area contributed by atoms with Gasteiger partial charge in [-0.05, 0) is 31.2 Å². The minimum absolute atomic E-state index is 0.190. The predicted octanol–water partition coefficient (Wildman–Crippen LogP) is 2.10. The topological polar surface area (TPSA) is 99.3 Å². The Labute approximate surface area is 118 Å². The molecule has 1 aromatic carbocycles. The summed E-state index contributed by atoms with van der Waals surface area (Å²) in [5.41, 5.74) is -0.112. The molecular weight excluding hydrogens is 306 g/mol. The zero-order valence-corrected chi connectivity index (χ0v) is 11.5. The van der Waals surface area contributed by atoms with Gasteiger partial charge in [-0.2, -0.15) is 0 Å². The first-order chi connectivity index (χ1) is 9.70. The molecule has 1 heterocycles. The van der Waals surface area contributed by atoms with Crippen LogP contribution in [0.15, 0.2) is 29.2 Å². The van der Waals surface area contributed by atoms with Gasteiger partial charge < -0.3 is 10.1 Å². The van der Waals surface area contributed by atoms with E-state index < -0.39 is 32.5 Å². The number of aromatic carboxylic acids is 1. The summed E-state index contributed by atoms with van der Waals surface area (Å²) in [6, 6.07) is 3.34. The Bertz CT molecular complexity index is 815. The zero-order chi connectivity index (χ0) is 15.8. The summed E-state index contributed by atoms with van der Waals surface area (Å²) in [5.74, 6) is -3.86. The zero-order valence-electron chi connectivity index (χ0n) is 10.6. The second-order valence-electron chi connectivity index (χ2n) is 4.23. The minimum atomic E-state index is -4.24. The molecule has 0 amide bonds. The number of carbonyl (C=O) groups is 1. The van der Waals surface area contributed by atoms with E-state index in [1.54, 1.807) is 6.92 Å². The smallest absolute Gasteiger partial charge is 0.354 e. The normalized spacial score (nSPS) is 11.4. The Morgan fingerprint density at radius 2 is 1.90 bits per heavy atom. The number of benzene rings is 1. The highest BCUT2D eigenvalue weighted by Crippen LogP contribution is 2.22. The van der Waals surface area contributed by atoms with Gasteiger partial charge in [0.15, 0.2) is 11.6 Å². The Morgan fingerprint density at radius 1 is 1.24 bits per heavy atom. The molecule has 0 aliphatic carbocycles. The van der Waals surface area contributed by atoms with Crippen LogP contribution in [0, 0.1) is 18.6 Å². The van der Waals surface area contributed by atoms with Crippen molar-refractivity contribution in [2.45, 2.75) is 11.8 Å². The molecule has 0 fully saturated rings. The SMILES string of the molecule is Cc1cc(NS(=O)(=O)c2ccc(F)c(F)c2)c(C(=O)O)[nH]1. The molecule has 0 aliphatic heterocycles. The van der Waals surface area contributed by atoms with Crippen LogP contribution < -0.4 is 4.72 Å². The molecule has 3 N–H and O–H groups in total. The second kappa shape index (κ2) is 5.17. The minimum Gasteiger partial charge on any atom is -0.477 e. The van der Waals surface area contributed by atoms with Crippen LogP contribution in [0.1, 0.15) is 16.2 Å². The van der Waals surface area contributed by atoms with Crippen molar-refractivity contribution in [1.29, 1.82) is 0 Å². The number of hydrogen-bond acceptors (Lipinski definition) is 3. The van der Waals surface area contributed by atoms with E-state index >= 15 is 0 Å². The molecule has 0 unspecified atom stereocenters. The molecule has 9 heteroatoms. The molecule has 0 radical (unpaired) electrons. The van der Waals surface area contributed by atoms with E-state index in [1.165, 1.54) is 6.07 Å². The fourth-order valence-electron chi connectivity index (χ4n) is 1.69. The van der Waals surface area contributed by atoms with Crippen LogP contribution in [0.5, 0.6) is 0 Å². The number of rotatable bonds is 4. The van der Waals surface area contributed by atoms with Gasteiger partial charge in [-0.3, -0.25) is 4.72 Å². The number of hydrogen-bond donors (Lipinski definition) is 3. The van der Waals surface area contributed by atoms with E-state index in [1.807, 2.05) is 4.72 Å². The first-order valence-corrected chi connectivity index (χ1v) is 7.10. The third kappa shape index (κ3) is 3.02. The monoisotopic (exact) mass is 316 g/mol. The summed E-state index contributed by atoms with van der Waals surface area (Å²) in [4.78, 5) is 12.9. The van der Waals surface area contributed by atoms with Crippen molar-refractivity contribution in [2.24, 2.45) is 0 Å². The molecule has 0 aliphatic rings. The summed E-state index contributed by atoms with van der Waals surface area (Å²) >= 11 is 0. The summed E-state index contributed by atoms with van der Waals surface area (Å²) in [5, 5.41) is 8.95. The Kier molecular flexibility index (Phi) is 3.69. The number of halogens is 2. The van der Waals surface area contributed by atoms with E-state index in [0.29, 0.717) is 17.8 Å². The van der Waals surface area contributed by atoms with Gasteiger partial charge in [0.25, 0.3) is 10.0 Å². The molecule has 6 nitrogen and oxygen atoms in total. The van der Waals surface area contributed by atoms with Crippen LogP contribution in [0.3, 0.4) is 0 Å². The van der Waals surface area contributed by atoms with Crippen LogP contribution in [-0.2, 0) is 10.0 Å². The first kappa shape index (κ1) is 15.0. The van der Waals surface area contributed by atoms with Crippen LogP contribution in [0.25, 0.3) is 0 Å². The molecule has 21 heavy (non-hydrogen) atoms. The summed E-state index contributed by atoms with van der Waals surface area (Å²) in [6.07, 6.45) is 0. The van der Waals surface area contributed by atoms with Crippen molar-refractivity contribution in [1.82, 2.24) is 4.98 Å². The highest BCUT2D eigenvalue weighted by Gasteiger charge is 2.21. The number of H-pyrrole nitrogens is 1. The lowest BCUT2D eigenvalue weighted by atomic mass is 10.3. The Hall–Kier alpha value is -2.42. The van der Waals surface area contributed by atoms with Gasteiger partial charge in [0.05, 0.1) is 10.6 Å². The lowest BCUT2D eigenvalue weighted by Gasteiger charge is -2.07. The highest BCUT2D eigenvalue weighted by atomic mass is 32.2. The summed E-state index contributed by atoms with van der Waals surface area (Å²) in [7, 11) is -4.24. The Morgan fingerprint density at radius 3 is 2.48 bits per heavy atom.